The van der Waals surface area contributed by atoms with Crippen molar-refractivity contribution in [3.63, 3.8) is 0 Å². The van der Waals surface area contributed by atoms with E-state index in [1.807, 2.05) is 0 Å². The smallest absolute Gasteiger partial charge is 0.389 e. The number of ether oxygens (including phenoxy) is 3. The average Bonchev–Trinajstić information content (AvgIpc) is 3.00. The van der Waals surface area contributed by atoms with E-state index >= 15 is 0 Å². The molecule has 1 fully saturated rings. The van der Waals surface area contributed by atoms with Crippen molar-refractivity contribution < 1.29 is 31.8 Å². The van der Waals surface area contributed by atoms with E-state index in [0.717, 1.165) is 12.4 Å². The van der Waals surface area contributed by atoms with Gasteiger partial charge in [0, 0.05) is 18.9 Å². The summed E-state index contributed by atoms with van der Waals surface area (Å²) in [6.07, 6.45) is -3.43. The molecule has 11 heteroatoms. The highest BCUT2D eigenvalue weighted by Gasteiger charge is 2.27. The van der Waals surface area contributed by atoms with Crippen LogP contribution in [0.4, 0.5) is 17.6 Å². The Balaban J connectivity index is 1.63. The third kappa shape index (κ3) is 4.78. The molecule has 2 aromatic heterocycles. The van der Waals surface area contributed by atoms with Gasteiger partial charge in [-0.3, -0.25) is 4.68 Å². The summed E-state index contributed by atoms with van der Waals surface area (Å²) in [5.41, 5.74) is 0.451. The first-order valence-corrected chi connectivity index (χ1v) is 9.31. The zero-order valence-corrected chi connectivity index (χ0v) is 15.7. The van der Waals surface area contributed by atoms with Crippen LogP contribution < -0.4 is 9.47 Å². The maximum atomic E-state index is 13.1. The van der Waals surface area contributed by atoms with Crippen molar-refractivity contribution in [3.05, 3.63) is 36.4 Å². The molecule has 4 rings (SSSR count). The molecule has 1 aliphatic rings. The van der Waals surface area contributed by atoms with Crippen LogP contribution in [-0.2, 0) is 11.3 Å². The van der Waals surface area contributed by atoms with Crippen molar-refractivity contribution in [1.29, 1.82) is 0 Å². The topological polar surface area (TPSA) is 71.3 Å². The van der Waals surface area contributed by atoms with Gasteiger partial charge in [0.2, 0.25) is 5.88 Å². The first-order valence-electron chi connectivity index (χ1n) is 9.31. The Morgan fingerprint density at radius 2 is 1.93 bits per heavy atom. The van der Waals surface area contributed by atoms with Crippen molar-refractivity contribution in [2.75, 3.05) is 19.8 Å². The van der Waals surface area contributed by atoms with Gasteiger partial charge in [-0.25, -0.2) is 14.4 Å². The molecule has 0 bridgehead atoms. The van der Waals surface area contributed by atoms with E-state index in [4.69, 9.17) is 14.2 Å². The van der Waals surface area contributed by atoms with Crippen molar-refractivity contribution >= 4 is 10.9 Å². The molecule has 0 radical (unpaired) electrons. The summed E-state index contributed by atoms with van der Waals surface area (Å²) >= 11 is 0. The summed E-state index contributed by atoms with van der Waals surface area (Å²) < 4.78 is 68.8. The lowest BCUT2D eigenvalue weighted by atomic mass is 10.1. The van der Waals surface area contributed by atoms with Gasteiger partial charge in [0.25, 0.3) is 0 Å². The molecule has 1 aliphatic heterocycles. The summed E-state index contributed by atoms with van der Waals surface area (Å²) in [5.74, 6) is 0.214. The number of aromatic nitrogens is 4. The molecule has 3 heterocycles. The molecule has 0 unspecified atom stereocenters. The van der Waals surface area contributed by atoms with E-state index in [2.05, 4.69) is 15.1 Å². The normalized spacial score (nSPS) is 14.7. The third-order valence-corrected chi connectivity index (χ3v) is 4.49. The molecule has 0 aliphatic carbocycles. The third-order valence-electron chi connectivity index (χ3n) is 4.49. The molecule has 0 N–H and O–H groups in total. The van der Waals surface area contributed by atoms with Crippen LogP contribution in [0.3, 0.4) is 0 Å². The summed E-state index contributed by atoms with van der Waals surface area (Å²) in [6, 6.07) is 4.96. The Morgan fingerprint density at radius 1 is 1.17 bits per heavy atom. The lowest BCUT2D eigenvalue weighted by Gasteiger charge is -2.25. The lowest BCUT2D eigenvalue weighted by molar-refractivity contribution is -0.135. The summed E-state index contributed by atoms with van der Waals surface area (Å²) in [6.45, 7) is 1.60. The Labute approximate surface area is 168 Å². The molecular formula is C19H18F4N4O3. The molecule has 1 saturated heterocycles. The molecule has 0 amide bonds. The number of rotatable bonds is 8. The van der Waals surface area contributed by atoms with Crippen LogP contribution in [0.15, 0.2) is 30.6 Å². The van der Waals surface area contributed by atoms with Crippen molar-refractivity contribution in [1.82, 2.24) is 19.7 Å². The summed E-state index contributed by atoms with van der Waals surface area (Å²) in [5, 5.41) is 4.95. The zero-order chi connectivity index (χ0) is 21.1. The largest absolute Gasteiger partial charge is 0.476 e. The van der Waals surface area contributed by atoms with Gasteiger partial charge >= 0.3 is 12.2 Å². The number of alkyl halides is 3. The van der Waals surface area contributed by atoms with Crippen LogP contribution in [0.5, 0.6) is 17.6 Å². The van der Waals surface area contributed by atoms with Crippen molar-refractivity contribution in [2.45, 2.75) is 25.6 Å². The Kier molecular flexibility index (Phi) is 5.71. The van der Waals surface area contributed by atoms with Gasteiger partial charge in [-0.15, -0.1) is 5.10 Å². The highest BCUT2D eigenvalue weighted by atomic mass is 19.4. The molecule has 0 saturated carbocycles. The fourth-order valence-electron chi connectivity index (χ4n) is 2.98. The predicted octanol–water partition coefficient (Wildman–Crippen LogP) is 4.13. The highest BCUT2D eigenvalue weighted by molar-refractivity contribution is 5.89. The fourth-order valence-corrected chi connectivity index (χ4v) is 2.98. The number of halogens is 4. The molecule has 160 valence electrons. The van der Waals surface area contributed by atoms with Crippen molar-refractivity contribution in [3.8, 4) is 17.6 Å². The van der Waals surface area contributed by atoms with Crippen LogP contribution >= 0.6 is 0 Å². The van der Waals surface area contributed by atoms with E-state index in [0.29, 0.717) is 36.6 Å². The summed E-state index contributed by atoms with van der Waals surface area (Å²) in [7, 11) is 0. The van der Waals surface area contributed by atoms with Gasteiger partial charge in [-0.1, -0.05) is 6.07 Å². The molecule has 1 aromatic carbocycles. The van der Waals surface area contributed by atoms with Crippen molar-refractivity contribution in [2.24, 2.45) is 5.92 Å². The van der Waals surface area contributed by atoms with E-state index < -0.39 is 18.4 Å². The van der Waals surface area contributed by atoms with Gasteiger partial charge in [-0.2, -0.15) is 13.2 Å². The molecular weight excluding hydrogens is 408 g/mol. The second-order valence-corrected chi connectivity index (χ2v) is 6.90. The Bertz CT molecular complexity index is 1000. The number of para-hydroxylation sites is 1. The van der Waals surface area contributed by atoms with Crippen LogP contribution in [0, 0.1) is 11.7 Å². The summed E-state index contributed by atoms with van der Waals surface area (Å²) in [4.78, 5) is 7.52. The minimum Gasteiger partial charge on any atom is -0.476 e. The van der Waals surface area contributed by atoms with Crippen LogP contribution in [0.1, 0.15) is 12.8 Å². The van der Waals surface area contributed by atoms with E-state index in [1.165, 1.54) is 4.68 Å². The van der Waals surface area contributed by atoms with Crippen LogP contribution in [-0.4, -0.2) is 45.7 Å². The highest BCUT2D eigenvalue weighted by Crippen LogP contribution is 2.35. The van der Waals surface area contributed by atoms with Gasteiger partial charge in [0.15, 0.2) is 11.6 Å². The average molecular weight is 426 g/mol. The number of nitrogens with zero attached hydrogens (tertiary/aromatic N) is 4. The van der Waals surface area contributed by atoms with E-state index in [-0.39, 0.29) is 30.6 Å². The maximum absolute atomic E-state index is 13.1. The first kappa shape index (κ1) is 20.3. The standard InChI is InChI=1S/C19H18F4N4O3/c20-13-7-24-18(25-8-13)30-15-4-1-3-14-16(15)27(6-2-5-19(21,22)23)26-17(14)29-11-12-9-28-10-12/h1,3-4,7-8,12H,2,5-6,9-11H2. The fraction of sp³-hybridized carbons (Fsp3) is 0.421. The van der Waals surface area contributed by atoms with Gasteiger partial charge in [0.1, 0.15) is 5.52 Å². The minimum atomic E-state index is -4.26. The first-order chi connectivity index (χ1) is 14.4. The van der Waals surface area contributed by atoms with E-state index in [1.54, 1.807) is 18.2 Å². The van der Waals surface area contributed by atoms with Gasteiger partial charge in [-0.05, 0) is 18.6 Å². The Morgan fingerprint density at radius 3 is 2.60 bits per heavy atom. The molecule has 0 spiro atoms. The number of benzene rings is 1. The van der Waals surface area contributed by atoms with Crippen LogP contribution in [0.25, 0.3) is 10.9 Å². The predicted molar refractivity (Wildman–Crippen MR) is 96.9 cm³/mol. The van der Waals surface area contributed by atoms with E-state index in [9.17, 15) is 17.6 Å². The SMILES string of the molecule is Fc1cnc(Oc2cccc3c(OCC4COC4)nn(CCCC(F)(F)F)c23)nc1. The minimum absolute atomic E-state index is 0.0105. The molecule has 3 aromatic rings. The van der Waals surface area contributed by atoms with Crippen LogP contribution in [0.2, 0.25) is 0 Å². The zero-order valence-electron chi connectivity index (χ0n) is 15.7. The van der Waals surface area contributed by atoms with Gasteiger partial charge < -0.3 is 14.2 Å². The maximum Gasteiger partial charge on any atom is 0.389 e. The second kappa shape index (κ2) is 8.42. The van der Waals surface area contributed by atoms with Gasteiger partial charge in [0.05, 0.1) is 37.6 Å². The molecule has 30 heavy (non-hydrogen) atoms. The quantitative estimate of drug-likeness (QED) is 0.505. The molecule has 0 atom stereocenters. The molecule has 7 nitrogen and oxygen atoms in total. The second-order valence-electron chi connectivity index (χ2n) is 6.90. The number of hydrogen-bond acceptors (Lipinski definition) is 6. The number of aryl methyl sites for hydroxylation is 1. The number of fused-ring (bicyclic) bond motifs is 1. The lowest BCUT2D eigenvalue weighted by Crippen LogP contribution is -2.32. The Hall–Kier alpha value is -2.95. The number of hydrogen-bond donors (Lipinski definition) is 0. The monoisotopic (exact) mass is 426 g/mol.